The lowest BCUT2D eigenvalue weighted by Crippen LogP contribution is -2.55. The summed E-state index contributed by atoms with van der Waals surface area (Å²) in [6, 6.07) is 2.94. The second kappa shape index (κ2) is 24.1. The number of rotatable bonds is 26. The van der Waals surface area contributed by atoms with Gasteiger partial charge in [-0.05, 0) is 68.3 Å². The fourth-order valence-electron chi connectivity index (χ4n) is 6.86. The Bertz CT molecular complexity index is 2660. The van der Waals surface area contributed by atoms with Crippen molar-refractivity contribution in [1.29, 1.82) is 0 Å². The fourth-order valence-corrected chi connectivity index (χ4v) is 9.95. The number of ether oxygens (including phenoxy) is 1. The number of aryl methyl sites for hydroxylation is 4. The van der Waals surface area contributed by atoms with Gasteiger partial charge in [-0.15, -0.1) is 0 Å². The molecule has 0 radical (unpaired) electrons. The number of pyridine rings is 1. The van der Waals surface area contributed by atoms with Crippen molar-refractivity contribution in [3.63, 3.8) is 0 Å². The van der Waals surface area contributed by atoms with Crippen LogP contribution in [0.25, 0.3) is 10.9 Å². The molecular weight excluding hydrogens is 973 g/mol. The van der Waals surface area contributed by atoms with Crippen LogP contribution in [-0.4, -0.2) is 147 Å². The summed E-state index contributed by atoms with van der Waals surface area (Å²) in [5, 5.41) is 25.1. The molecule has 4 aromatic rings. The summed E-state index contributed by atoms with van der Waals surface area (Å²) >= 11 is 0. The first kappa shape index (κ1) is 55.7. The van der Waals surface area contributed by atoms with Crippen LogP contribution < -0.4 is 46.8 Å². The largest absolute Gasteiger partial charge is 0.494 e. The van der Waals surface area contributed by atoms with Crippen molar-refractivity contribution in [2.24, 2.45) is 14.1 Å². The molecule has 69 heavy (non-hydrogen) atoms. The number of nitrogens with one attached hydrogen (secondary N) is 7. The molecule has 0 fully saturated rings. The molecule has 2 heterocycles. The first-order valence-corrected chi connectivity index (χ1v) is 25.6. The molecule has 2 aromatic carbocycles. The normalized spacial score (nSPS) is 13.7. The number of carbonyl (C=O) groups is 5. The molecule has 26 nitrogen and oxygen atoms in total. The second-order valence-electron chi connectivity index (χ2n) is 15.8. The Labute approximate surface area is 399 Å². The van der Waals surface area contributed by atoms with Gasteiger partial charge in [0.1, 0.15) is 29.4 Å². The molecule has 14 N–H and O–H groups in total. The third kappa shape index (κ3) is 16.7. The molecule has 3 atom stereocenters. The van der Waals surface area contributed by atoms with Crippen molar-refractivity contribution in [2.75, 3.05) is 50.1 Å². The molecule has 4 rings (SSSR count). The maximum atomic E-state index is 13.6. The van der Waals surface area contributed by atoms with Gasteiger partial charge in [0.05, 0.1) is 50.3 Å². The van der Waals surface area contributed by atoms with Crippen molar-refractivity contribution in [2.45, 2.75) is 56.3 Å². The molecule has 0 aliphatic heterocycles. The highest BCUT2D eigenvalue weighted by molar-refractivity contribution is 8.19. The molecule has 0 unspecified atom stereocenters. The predicted molar refractivity (Wildman–Crippen MR) is 256 cm³/mol. The first-order chi connectivity index (χ1) is 32.2. The Kier molecular flexibility index (Phi) is 19.5. The smallest absolute Gasteiger partial charge is 0.323 e. The average molecular weight is 1030 g/mol. The van der Waals surface area contributed by atoms with Gasteiger partial charge < -0.3 is 78.2 Å². The van der Waals surface area contributed by atoms with Crippen LogP contribution in [-0.2, 0) is 49.8 Å². The Morgan fingerprint density at radius 2 is 1.46 bits per heavy atom. The predicted octanol–water partition coefficient (Wildman–Crippen LogP) is 0.574. The highest BCUT2D eigenvalue weighted by Crippen LogP contribution is 2.34. The van der Waals surface area contributed by atoms with E-state index in [2.05, 4.69) is 41.6 Å². The number of nitrogens with zero attached hydrogens (tertiary/aromatic N) is 3. The summed E-state index contributed by atoms with van der Waals surface area (Å²) in [7, 11) is -8.21. The maximum absolute atomic E-state index is 13.6. The van der Waals surface area contributed by atoms with Gasteiger partial charge in [0, 0.05) is 70.7 Å². The van der Waals surface area contributed by atoms with Crippen molar-refractivity contribution < 1.29 is 69.6 Å². The van der Waals surface area contributed by atoms with Crippen LogP contribution in [0.4, 0.5) is 5.95 Å². The SMILES string of the molecule is CN[C@@H](CS(O)(O)O)C(=O)N[C@@H](CS(O)(O)O)C(=O)NCCNC(=O)CCCOc1cc(C)c(S(=O)(=O)N[C@@H](CNC(=O)c2cn(C)c3cc(CNc4nccn4C)ccc3c2=O)C(=O)O)c(C)c1. The van der Waals surface area contributed by atoms with Crippen LogP contribution in [0, 0.1) is 13.8 Å². The number of anilines is 1. The van der Waals surface area contributed by atoms with E-state index in [9.17, 15) is 69.6 Å². The number of hydrogen-bond acceptors (Lipinski definition) is 18. The van der Waals surface area contributed by atoms with E-state index < -0.39 is 103 Å². The summed E-state index contributed by atoms with van der Waals surface area (Å²) in [6.45, 7) is 2.33. The van der Waals surface area contributed by atoms with Gasteiger partial charge in [0.15, 0.2) is 0 Å². The highest BCUT2D eigenvalue weighted by atomic mass is 32.3. The summed E-state index contributed by atoms with van der Waals surface area (Å²) in [5.41, 5.74) is 0.862. The van der Waals surface area contributed by atoms with Crippen LogP contribution in [0.5, 0.6) is 5.75 Å². The second-order valence-corrected chi connectivity index (χ2v) is 20.6. The molecular formula is C40H58N10O16S3. The molecule has 0 spiro atoms. The Hall–Kier alpha value is -5.86. The van der Waals surface area contributed by atoms with Crippen LogP contribution in [0.3, 0.4) is 0 Å². The molecule has 0 aliphatic carbocycles. The van der Waals surface area contributed by atoms with E-state index in [1.807, 2.05) is 11.6 Å². The molecule has 0 saturated carbocycles. The fraction of sp³-hybridized carbons (Fsp3) is 0.425. The lowest BCUT2D eigenvalue weighted by atomic mass is 10.1. The monoisotopic (exact) mass is 1030 g/mol. The molecule has 0 bridgehead atoms. The zero-order valence-electron chi connectivity index (χ0n) is 38.1. The average Bonchev–Trinajstić information content (AvgIpc) is 3.67. The van der Waals surface area contributed by atoms with Gasteiger partial charge in [-0.2, -0.15) is 4.72 Å². The van der Waals surface area contributed by atoms with E-state index >= 15 is 0 Å². The topological polar surface area (TPSA) is 394 Å². The molecule has 2 aromatic heterocycles. The summed E-state index contributed by atoms with van der Waals surface area (Å²) < 4.78 is 94.7. The number of fused-ring (bicyclic) bond motifs is 1. The van der Waals surface area contributed by atoms with E-state index in [-0.39, 0.29) is 65.3 Å². The van der Waals surface area contributed by atoms with E-state index in [1.54, 1.807) is 42.2 Å². The van der Waals surface area contributed by atoms with E-state index in [1.165, 1.54) is 39.2 Å². The Morgan fingerprint density at radius 3 is 2.06 bits per heavy atom. The molecule has 0 aliphatic rings. The number of hydrogen-bond donors (Lipinski definition) is 14. The van der Waals surface area contributed by atoms with Crippen LogP contribution in [0.2, 0.25) is 0 Å². The third-order valence-corrected chi connectivity index (χ3v) is 13.5. The standard InChI is InChI=1S/C40H58N10O16S3/c1-23-15-26(66-14-6-7-33(51)42-10-11-43-37(54)31(22-68(61,62)63)47-38(55)30(41-3)21-67(58,59)60)16-24(2)35(23)69(64,65)48-29(39(56)57)19-45-36(53)28-20-50(5)32-17-25(8-9-27(32)34(28)52)18-46-40-44-12-13-49(40)4/h8-9,12-13,15-17,20,29-31,41,48,58-63H,6-7,10-11,14,18-19,21-22H2,1-5H3,(H,42,51)(H,43,54)(H,44,46)(H,45,53)(H,47,55)(H,56,57)/t29-,30-,31-/m0/s1. The van der Waals surface area contributed by atoms with Gasteiger partial charge in [-0.25, -0.2) is 13.4 Å². The molecule has 382 valence electrons. The Morgan fingerprint density at radius 1 is 0.826 bits per heavy atom. The number of carboxylic acid groups (broad SMARTS) is 1. The van der Waals surface area contributed by atoms with Crippen molar-refractivity contribution in [1.82, 2.24) is 45.4 Å². The van der Waals surface area contributed by atoms with Crippen LogP contribution >= 0.6 is 21.7 Å². The van der Waals surface area contributed by atoms with Crippen LogP contribution in [0.1, 0.15) is 39.9 Å². The lowest BCUT2D eigenvalue weighted by Gasteiger charge is -2.29. The number of imidazole rings is 1. The van der Waals surface area contributed by atoms with Gasteiger partial charge in [0.25, 0.3) is 5.91 Å². The first-order valence-electron chi connectivity index (χ1n) is 20.8. The van der Waals surface area contributed by atoms with Gasteiger partial charge in [-0.3, -0.25) is 28.8 Å². The summed E-state index contributed by atoms with van der Waals surface area (Å²) in [6.07, 6.45) is 4.89. The Balaban J connectivity index is 1.26. The number of amides is 4. The number of carbonyl (C=O) groups excluding carboxylic acids is 4. The van der Waals surface area contributed by atoms with Crippen molar-refractivity contribution in [3.05, 3.63) is 81.4 Å². The zero-order valence-corrected chi connectivity index (χ0v) is 40.5. The number of carboxylic acids is 1. The number of benzene rings is 2. The minimum atomic E-state index is -4.52. The molecule has 4 amide bonds. The van der Waals surface area contributed by atoms with E-state index in [0.717, 1.165) is 5.56 Å². The van der Waals surface area contributed by atoms with Gasteiger partial charge in [-0.1, -0.05) is 6.07 Å². The summed E-state index contributed by atoms with van der Waals surface area (Å²) in [5.74, 6) is -5.95. The lowest BCUT2D eigenvalue weighted by molar-refractivity contribution is -0.138. The number of sulfonamides is 1. The highest BCUT2D eigenvalue weighted by Gasteiger charge is 2.33. The summed E-state index contributed by atoms with van der Waals surface area (Å²) in [4.78, 5) is 80.5. The number of aliphatic carboxylic acids is 1. The quantitative estimate of drug-likeness (QED) is 0.0382. The maximum Gasteiger partial charge on any atom is 0.323 e. The van der Waals surface area contributed by atoms with E-state index in [4.69, 9.17) is 4.74 Å². The van der Waals surface area contributed by atoms with Crippen molar-refractivity contribution >= 4 is 78.2 Å². The molecule has 29 heteroatoms. The number of aromatic nitrogens is 3. The minimum absolute atomic E-state index is 0.00754. The minimum Gasteiger partial charge on any atom is -0.494 e. The third-order valence-electron chi connectivity index (χ3n) is 10.2. The zero-order chi connectivity index (χ0) is 51.4. The van der Waals surface area contributed by atoms with Gasteiger partial charge >= 0.3 is 5.97 Å². The van der Waals surface area contributed by atoms with Crippen molar-refractivity contribution in [3.8, 4) is 5.75 Å². The van der Waals surface area contributed by atoms with E-state index in [0.29, 0.717) is 18.0 Å². The number of likely N-dealkylation sites (N-methyl/N-ethyl adjacent to an activating group) is 1. The van der Waals surface area contributed by atoms with Crippen LogP contribution in [0.15, 0.2) is 58.6 Å². The van der Waals surface area contributed by atoms with Gasteiger partial charge in [0.2, 0.25) is 39.1 Å². The molecule has 0 saturated heterocycles.